The molecule has 0 aliphatic carbocycles. The van der Waals surface area contributed by atoms with Crippen LogP contribution in [0.4, 0.5) is 0 Å². The fourth-order valence-corrected chi connectivity index (χ4v) is 4.46. The van der Waals surface area contributed by atoms with Gasteiger partial charge in [-0.15, -0.1) is 11.3 Å². The molecule has 0 unspecified atom stereocenters. The van der Waals surface area contributed by atoms with Crippen LogP contribution in [0, 0.1) is 6.92 Å². The summed E-state index contributed by atoms with van der Waals surface area (Å²) >= 11 is 1.75. The van der Waals surface area contributed by atoms with Gasteiger partial charge < -0.3 is 9.26 Å². The molecule has 6 heteroatoms. The minimum absolute atomic E-state index is 0.337. The monoisotopic (exact) mass is 369 g/mol. The van der Waals surface area contributed by atoms with Crippen molar-refractivity contribution < 1.29 is 9.26 Å². The molecule has 0 saturated carbocycles. The Morgan fingerprint density at radius 1 is 1.31 bits per heavy atom. The van der Waals surface area contributed by atoms with Crippen LogP contribution >= 0.6 is 11.3 Å². The lowest BCUT2D eigenvalue weighted by atomic mass is 9.99. The highest BCUT2D eigenvalue weighted by molar-refractivity contribution is 7.15. The van der Waals surface area contributed by atoms with E-state index in [4.69, 9.17) is 9.26 Å². The van der Waals surface area contributed by atoms with Gasteiger partial charge >= 0.3 is 0 Å². The molecule has 0 spiro atoms. The van der Waals surface area contributed by atoms with Crippen LogP contribution in [0.1, 0.15) is 41.6 Å². The first-order valence-electron chi connectivity index (χ1n) is 8.99. The Hall–Kier alpha value is -2.18. The van der Waals surface area contributed by atoms with Crippen LogP contribution in [-0.2, 0) is 6.54 Å². The molecule has 4 rings (SSSR count). The molecule has 1 aliphatic heterocycles. The molecule has 0 N–H and O–H groups in total. The third-order valence-electron chi connectivity index (χ3n) is 4.83. The van der Waals surface area contributed by atoms with Crippen molar-refractivity contribution in [3.8, 4) is 16.3 Å². The van der Waals surface area contributed by atoms with E-state index in [1.807, 2.05) is 31.3 Å². The Morgan fingerprint density at radius 2 is 2.23 bits per heavy atom. The maximum Gasteiger partial charge on any atom is 0.133 e. The number of methoxy groups -OCH3 is 1. The summed E-state index contributed by atoms with van der Waals surface area (Å²) in [6, 6.07) is 10.5. The first-order chi connectivity index (χ1) is 12.7. The number of rotatable bonds is 5. The molecule has 136 valence electrons. The second-order valence-electron chi connectivity index (χ2n) is 6.71. The zero-order valence-electron chi connectivity index (χ0n) is 15.1. The number of piperidine rings is 1. The molecule has 1 aromatic carbocycles. The molecule has 1 aliphatic rings. The summed E-state index contributed by atoms with van der Waals surface area (Å²) in [4.78, 5) is 8.41. The van der Waals surface area contributed by atoms with E-state index in [0.717, 1.165) is 47.3 Å². The molecular formula is C20H23N3O2S. The highest BCUT2D eigenvalue weighted by atomic mass is 32.1. The summed E-state index contributed by atoms with van der Waals surface area (Å²) in [5.74, 6) is 1.74. The number of ether oxygens (including phenoxy) is 1. The van der Waals surface area contributed by atoms with Crippen molar-refractivity contribution in [2.24, 2.45) is 0 Å². The Balaban J connectivity index is 1.52. The minimum atomic E-state index is 0.337. The molecule has 5 nitrogen and oxygen atoms in total. The first-order valence-corrected chi connectivity index (χ1v) is 9.81. The summed E-state index contributed by atoms with van der Waals surface area (Å²) in [6.07, 6.45) is 5.60. The van der Waals surface area contributed by atoms with Crippen molar-refractivity contribution in [2.45, 2.75) is 38.8 Å². The number of thiazole rings is 1. The average Bonchev–Trinajstić information content (AvgIpc) is 3.31. The van der Waals surface area contributed by atoms with Crippen LogP contribution in [-0.4, -0.2) is 28.7 Å². The topological polar surface area (TPSA) is 51.4 Å². The number of nitrogens with zero attached hydrogens (tertiary/aromatic N) is 3. The van der Waals surface area contributed by atoms with Gasteiger partial charge in [0.2, 0.25) is 0 Å². The smallest absolute Gasteiger partial charge is 0.133 e. The Labute approximate surface area is 157 Å². The fraction of sp³-hybridized carbons (Fsp3) is 0.400. The molecule has 0 radical (unpaired) electrons. The number of benzene rings is 1. The van der Waals surface area contributed by atoms with Crippen molar-refractivity contribution in [3.05, 3.63) is 52.9 Å². The number of hydrogen-bond acceptors (Lipinski definition) is 6. The summed E-state index contributed by atoms with van der Waals surface area (Å²) < 4.78 is 10.6. The highest BCUT2D eigenvalue weighted by Gasteiger charge is 2.27. The first kappa shape index (κ1) is 17.2. The second kappa shape index (κ2) is 7.60. The van der Waals surface area contributed by atoms with Gasteiger partial charge in [-0.3, -0.25) is 4.90 Å². The largest absolute Gasteiger partial charge is 0.497 e. The van der Waals surface area contributed by atoms with E-state index in [1.54, 1.807) is 18.4 Å². The SMILES string of the molecule is COc1cccc(-c2ncc(CN3CCCC[C@@H]3c3cc(C)on3)s2)c1. The molecule has 1 fully saturated rings. The Kier molecular flexibility index (Phi) is 5.04. The maximum absolute atomic E-state index is 5.32. The van der Waals surface area contributed by atoms with Crippen LogP contribution in [0.2, 0.25) is 0 Å². The lowest BCUT2D eigenvalue weighted by molar-refractivity contribution is 0.135. The summed E-state index contributed by atoms with van der Waals surface area (Å²) in [6.45, 7) is 3.94. The van der Waals surface area contributed by atoms with Gasteiger partial charge in [-0.1, -0.05) is 23.7 Å². The third-order valence-corrected chi connectivity index (χ3v) is 5.86. The van der Waals surface area contributed by atoms with Crippen LogP contribution in [0.3, 0.4) is 0 Å². The zero-order chi connectivity index (χ0) is 17.9. The van der Waals surface area contributed by atoms with Crippen molar-refractivity contribution in [2.75, 3.05) is 13.7 Å². The van der Waals surface area contributed by atoms with Gasteiger partial charge in [0.15, 0.2) is 0 Å². The summed E-state index contributed by atoms with van der Waals surface area (Å²) in [7, 11) is 1.69. The lowest BCUT2D eigenvalue weighted by Gasteiger charge is -2.33. The molecular weight excluding hydrogens is 346 g/mol. The second-order valence-corrected chi connectivity index (χ2v) is 7.82. The molecule has 1 saturated heterocycles. The predicted octanol–water partition coefficient (Wildman–Crippen LogP) is 4.84. The van der Waals surface area contributed by atoms with Crippen molar-refractivity contribution in [1.29, 1.82) is 0 Å². The fourth-order valence-electron chi connectivity index (χ4n) is 3.53. The Bertz CT molecular complexity index is 873. The lowest BCUT2D eigenvalue weighted by Crippen LogP contribution is -2.32. The quantitative estimate of drug-likeness (QED) is 0.644. The van der Waals surface area contributed by atoms with Crippen molar-refractivity contribution in [3.63, 3.8) is 0 Å². The maximum atomic E-state index is 5.32. The van der Waals surface area contributed by atoms with E-state index in [-0.39, 0.29) is 0 Å². The number of likely N-dealkylation sites (tertiary alicyclic amines) is 1. The molecule has 1 atom stereocenters. The van der Waals surface area contributed by atoms with Crippen LogP contribution < -0.4 is 4.74 Å². The van der Waals surface area contributed by atoms with Gasteiger partial charge in [-0.25, -0.2) is 4.98 Å². The highest BCUT2D eigenvalue weighted by Crippen LogP contribution is 2.34. The van der Waals surface area contributed by atoms with Crippen molar-refractivity contribution in [1.82, 2.24) is 15.0 Å². The number of hydrogen-bond donors (Lipinski definition) is 0. The average molecular weight is 369 g/mol. The summed E-state index contributed by atoms with van der Waals surface area (Å²) in [5, 5.41) is 5.29. The zero-order valence-corrected chi connectivity index (χ0v) is 16.0. The van der Waals surface area contributed by atoms with Crippen LogP contribution in [0.25, 0.3) is 10.6 Å². The number of aryl methyl sites for hydroxylation is 1. The normalized spacial score (nSPS) is 18.2. The molecule has 26 heavy (non-hydrogen) atoms. The van der Waals surface area contributed by atoms with Gasteiger partial charge in [0.05, 0.1) is 13.2 Å². The molecule has 0 bridgehead atoms. The van der Waals surface area contributed by atoms with Gasteiger partial charge in [-0.05, 0) is 38.4 Å². The number of aromatic nitrogens is 2. The van der Waals surface area contributed by atoms with Crippen molar-refractivity contribution >= 4 is 11.3 Å². The van der Waals surface area contributed by atoms with Gasteiger partial charge in [0, 0.05) is 29.2 Å². The van der Waals surface area contributed by atoms with E-state index >= 15 is 0 Å². The van der Waals surface area contributed by atoms with Crippen LogP contribution in [0.5, 0.6) is 5.75 Å². The molecule has 3 heterocycles. The van der Waals surface area contributed by atoms with Crippen LogP contribution in [0.15, 0.2) is 41.1 Å². The summed E-state index contributed by atoms with van der Waals surface area (Å²) in [5.41, 5.74) is 2.16. The van der Waals surface area contributed by atoms with Gasteiger partial charge in [0.25, 0.3) is 0 Å². The molecule has 0 amide bonds. The van der Waals surface area contributed by atoms with E-state index in [9.17, 15) is 0 Å². The predicted molar refractivity (Wildman–Crippen MR) is 102 cm³/mol. The van der Waals surface area contributed by atoms with E-state index < -0.39 is 0 Å². The molecule has 3 aromatic rings. The Morgan fingerprint density at radius 3 is 3.04 bits per heavy atom. The molecule has 2 aromatic heterocycles. The van der Waals surface area contributed by atoms with Gasteiger partial charge in [-0.2, -0.15) is 0 Å². The standard InChI is InChI=1S/C20H23N3O2S/c1-14-10-18(22-25-14)19-8-3-4-9-23(19)13-17-12-21-20(26-17)15-6-5-7-16(11-15)24-2/h5-7,10-12,19H,3-4,8-9,13H2,1-2H3/t19-/m1/s1. The minimum Gasteiger partial charge on any atom is -0.497 e. The van der Waals surface area contributed by atoms with E-state index in [1.165, 1.54) is 17.7 Å². The van der Waals surface area contributed by atoms with Gasteiger partial charge in [0.1, 0.15) is 22.2 Å². The third kappa shape index (κ3) is 3.66. The van der Waals surface area contributed by atoms with E-state index in [2.05, 4.69) is 27.2 Å². The van der Waals surface area contributed by atoms with E-state index in [0.29, 0.717) is 6.04 Å².